The first-order valence-corrected chi connectivity index (χ1v) is 6.97. The second-order valence-electron chi connectivity index (χ2n) is 5.21. The Balaban J connectivity index is 1.65. The molecule has 1 atom stereocenters. The highest BCUT2D eigenvalue weighted by Gasteiger charge is 2.20. The monoisotopic (exact) mass is 253 g/mol. The molecule has 0 aliphatic carbocycles. The van der Waals surface area contributed by atoms with Crippen molar-refractivity contribution in [3.63, 3.8) is 0 Å². The van der Waals surface area contributed by atoms with Crippen molar-refractivity contribution in [3.8, 4) is 0 Å². The zero-order valence-corrected chi connectivity index (χ0v) is 11.1. The Hall–Kier alpha value is -1.90. The van der Waals surface area contributed by atoms with Crippen LogP contribution in [0.3, 0.4) is 0 Å². The fourth-order valence-electron chi connectivity index (χ4n) is 2.83. The van der Waals surface area contributed by atoms with Gasteiger partial charge in [0, 0.05) is 31.7 Å². The number of pyridine rings is 2. The van der Waals surface area contributed by atoms with Gasteiger partial charge in [-0.15, -0.1) is 0 Å². The number of piperidine rings is 1. The Morgan fingerprint density at radius 1 is 1.16 bits per heavy atom. The van der Waals surface area contributed by atoms with Crippen molar-refractivity contribution in [2.75, 3.05) is 18.0 Å². The molecule has 0 amide bonds. The second kappa shape index (κ2) is 5.83. The molecule has 0 spiro atoms. The molecule has 0 aromatic carbocycles. The molecule has 1 aliphatic heterocycles. The highest BCUT2D eigenvalue weighted by molar-refractivity contribution is 5.38. The SMILES string of the molecule is c1ccc(N2CCC[C@H](Cc3cccnc3)C2)nc1. The minimum Gasteiger partial charge on any atom is -0.356 e. The molecular formula is C16H19N3. The van der Waals surface area contributed by atoms with Gasteiger partial charge in [-0.3, -0.25) is 4.98 Å². The maximum absolute atomic E-state index is 4.46. The van der Waals surface area contributed by atoms with E-state index >= 15 is 0 Å². The van der Waals surface area contributed by atoms with Gasteiger partial charge in [0.2, 0.25) is 0 Å². The minimum absolute atomic E-state index is 0.708. The van der Waals surface area contributed by atoms with Gasteiger partial charge in [0.15, 0.2) is 0 Å². The lowest BCUT2D eigenvalue weighted by atomic mass is 9.92. The van der Waals surface area contributed by atoms with Gasteiger partial charge in [0.05, 0.1) is 0 Å². The smallest absolute Gasteiger partial charge is 0.128 e. The van der Waals surface area contributed by atoms with Crippen molar-refractivity contribution >= 4 is 5.82 Å². The first kappa shape index (κ1) is 12.2. The summed E-state index contributed by atoms with van der Waals surface area (Å²) >= 11 is 0. The van der Waals surface area contributed by atoms with Crippen molar-refractivity contribution in [3.05, 3.63) is 54.5 Å². The van der Waals surface area contributed by atoms with Crippen molar-refractivity contribution < 1.29 is 0 Å². The molecular weight excluding hydrogens is 234 g/mol. The average Bonchev–Trinajstić information content (AvgIpc) is 2.49. The van der Waals surface area contributed by atoms with Crippen LogP contribution in [0.1, 0.15) is 18.4 Å². The average molecular weight is 253 g/mol. The van der Waals surface area contributed by atoms with E-state index in [2.05, 4.69) is 33.1 Å². The summed E-state index contributed by atoms with van der Waals surface area (Å²) in [7, 11) is 0. The van der Waals surface area contributed by atoms with E-state index in [1.165, 1.54) is 18.4 Å². The van der Waals surface area contributed by atoms with E-state index in [0.717, 1.165) is 25.3 Å². The molecule has 0 bridgehead atoms. The highest BCUT2D eigenvalue weighted by Crippen LogP contribution is 2.23. The van der Waals surface area contributed by atoms with Crippen LogP contribution in [0.2, 0.25) is 0 Å². The lowest BCUT2D eigenvalue weighted by Gasteiger charge is -2.33. The predicted molar refractivity (Wildman–Crippen MR) is 77.1 cm³/mol. The molecule has 19 heavy (non-hydrogen) atoms. The van der Waals surface area contributed by atoms with Crippen molar-refractivity contribution in [2.24, 2.45) is 5.92 Å². The molecule has 0 unspecified atom stereocenters. The Kier molecular flexibility index (Phi) is 3.73. The Labute approximate surface area is 114 Å². The molecule has 1 saturated heterocycles. The summed E-state index contributed by atoms with van der Waals surface area (Å²) in [6.07, 6.45) is 9.38. The molecule has 0 saturated carbocycles. The number of aromatic nitrogens is 2. The number of hydrogen-bond donors (Lipinski definition) is 0. The lowest BCUT2D eigenvalue weighted by molar-refractivity contribution is 0.411. The first-order valence-electron chi connectivity index (χ1n) is 6.97. The lowest BCUT2D eigenvalue weighted by Crippen LogP contribution is -2.36. The van der Waals surface area contributed by atoms with E-state index < -0.39 is 0 Å². The maximum Gasteiger partial charge on any atom is 0.128 e. The summed E-state index contributed by atoms with van der Waals surface area (Å²) in [5, 5.41) is 0. The summed E-state index contributed by atoms with van der Waals surface area (Å²) in [5.41, 5.74) is 1.34. The first-order chi connectivity index (χ1) is 9.42. The molecule has 2 aromatic heterocycles. The largest absolute Gasteiger partial charge is 0.356 e. The Morgan fingerprint density at radius 2 is 2.16 bits per heavy atom. The van der Waals surface area contributed by atoms with Crippen LogP contribution in [-0.2, 0) is 6.42 Å². The van der Waals surface area contributed by atoms with Gasteiger partial charge in [-0.25, -0.2) is 4.98 Å². The third kappa shape index (κ3) is 3.11. The standard InChI is InChI=1S/C16H19N3/c1-2-9-18-16(7-1)19-10-4-6-15(13-19)11-14-5-3-8-17-12-14/h1-3,5,7-9,12,15H,4,6,10-11,13H2/t15-/m1/s1. The predicted octanol–water partition coefficient (Wildman–Crippen LogP) is 2.94. The number of hydrogen-bond acceptors (Lipinski definition) is 3. The molecule has 3 heteroatoms. The van der Waals surface area contributed by atoms with Crippen LogP contribution >= 0.6 is 0 Å². The fraction of sp³-hybridized carbons (Fsp3) is 0.375. The second-order valence-corrected chi connectivity index (χ2v) is 5.21. The Bertz CT molecular complexity index is 498. The van der Waals surface area contributed by atoms with Gasteiger partial charge in [-0.2, -0.15) is 0 Å². The molecule has 3 nitrogen and oxygen atoms in total. The van der Waals surface area contributed by atoms with Crippen molar-refractivity contribution in [1.29, 1.82) is 0 Å². The van der Waals surface area contributed by atoms with E-state index in [-0.39, 0.29) is 0 Å². The van der Waals surface area contributed by atoms with Gasteiger partial charge in [0.25, 0.3) is 0 Å². The summed E-state index contributed by atoms with van der Waals surface area (Å²) in [6.45, 7) is 2.23. The van der Waals surface area contributed by atoms with E-state index in [0.29, 0.717) is 5.92 Å². The molecule has 0 radical (unpaired) electrons. The van der Waals surface area contributed by atoms with Gasteiger partial charge in [-0.05, 0) is 48.9 Å². The molecule has 2 aromatic rings. The highest BCUT2D eigenvalue weighted by atomic mass is 15.2. The maximum atomic E-state index is 4.46. The summed E-state index contributed by atoms with van der Waals surface area (Å²) in [5.74, 6) is 1.82. The van der Waals surface area contributed by atoms with Crippen LogP contribution in [0.5, 0.6) is 0 Å². The van der Waals surface area contributed by atoms with E-state index in [9.17, 15) is 0 Å². The summed E-state index contributed by atoms with van der Waals surface area (Å²) < 4.78 is 0. The third-order valence-electron chi connectivity index (χ3n) is 3.74. The van der Waals surface area contributed by atoms with E-state index in [1.807, 2.05) is 30.7 Å². The van der Waals surface area contributed by atoms with Crippen LogP contribution in [0.15, 0.2) is 48.9 Å². The van der Waals surface area contributed by atoms with Crippen molar-refractivity contribution in [1.82, 2.24) is 9.97 Å². The van der Waals surface area contributed by atoms with Crippen LogP contribution in [-0.4, -0.2) is 23.1 Å². The van der Waals surface area contributed by atoms with Gasteiger partial charge >= 0.3 is 0 Å². The van der Waals surface area contributed by atoms with Gasteiger partial charge < -0.3 is 4.90 Å². The number of rotatable bonds is 3. The van der Waals surface area contributed by atoms with Crippen molar-refractivity contribution in [2.45, 2.75) is 19.3 Å². The molecule has 3 rings (SSSR count). The van der Waals surface area contributed by atoms with Crippen LogP contribution in [0, 0.1) is 5.92 Å². The zero-order chi connectivity index (χ0) is 12.9. The molecule has 0 N–H and O–H groups in total. The minimum atomic E-state index is 0.708. The van der Waals surface area contributed by atoms with E-state index in [4.69, 9.17) is 0 Å². The molecule has 3 heterocycles. The zero-order valence-electron chi connectivity index (χ0n) is 11.1. The normalized spacial score (nSPS) is 19.4. The Morgan fingerprint density at radius 3 is 2.95 bits per heavy atom. The molecule has 1 aliphatic rings. The molecule has 1 fully saturated rings. The number of nitrogens with zero attached hydrogens (tertiary/aromatic N) is 3. The fourth-order valence-corrected chi connectivity index (χ4v) is 2.83. The van der Waals surface area contributed by atoms with Crippen LogP contribution < -0.4 is 4.90 Å². The van der Waals surface area contributed by atoms with E-state index in [1.54, 1.807) is 0 Å². The van der Waals surface area contributed by atoms with Crippen LogP contribution in [0.4, 0.5) is 5.82 Å². The van der Waals surface area contributed by atoms with Gasteiger partial charge in [0.1, 0.15) is 5.82 Å². The third-order valence-corrected chi connectivity index (χ3v) is 3.74. The molecule has 98 valence electrons. The summed E-state index contributed by atoms with van der Waals surface area (Å²) in [6, 6.07) is 10.3. The summed E-state index contributed by atoms with van der Waals surface area (Å²) in [4.78, 5) is 11.1. The quantitative estimate of drug-likeness (QED) is 0.842. The van der Waals surface area contributed by atoms with Gasteiger partial charge in [-0.1, -0.05) is 12.1 Å². The van der Waals surface area contributed by atoms with Crippen LogP contribution in [0.25, 0.3) is 0 Å². The topological polar surface area (TPSA) is 29.0 Å². The number of anilines is 1.